The Labute approximate surface area is 128 Å². The molecule has 2 heteroatoms. The Hall–Kier alpha value is -0.860. The third-order valence-electron chi connectivity index (χ3n) is 5.82. The van der Waals surface area contributed by atoms with E-state index in [0.717, 1.165) is 13.1 Å². The van der Waals surface area contributed by atoms with Gasteiger partial charge in [0, 0.05) is 13.1 Å². The molecule has 2 fully saturated rings. The van der Waals surface area contributed by atoms with Crippen LogP contribution in [0.3, 0.4) is 0 Å². The lowest BCUT2D eigenvalue weighted by atomic mass is 9.79. The first-order valence-electron chi connectivity index (χ1n) is 8.81. The first-order valence-corrected chi connectivity index (χ1v) is 8.81. The summed E-state index contributed by atoms with van der Waals surface area (Å²) in [6.07, 6.45) is 11.5. The molecule has 0 bridgehead atoms. The molecule has 2 aliphatic carbocycles. The Morgan fingerprint density at radius 1 is 0.857 bits per heavy atom. The van der Waals surface area contributed by atoms with Crippen LogP contribution in [0.1, 0.15) is 62.5 Å². The summed E-state index contributed by atoms with van der Waals surface area (Å²) in [6, 6.07) is 9.01. The van der Waals surface area contributed by atoms with Gasteiger partial charge in [0.05, 0.1) is 5.60 Å². The molecule has 1 N–H and O–H groups in total. The Morgan fingerprint density at radius 3 is 2.57 bits per heavy atom. The second kappa shape index (κ2) is 5.40. The molecule has 2 nitrogen and oxygen atoms in total. The molecule has 114 valence electrons. The maximum absolute atomic E-state index is 6.99. The molecular weight excluding hydrogens is 258 g/mol. The van der Waals surface area contributed by atoms with E-state index in [1.165, 1.54) is 68.9 Å². The van der Waals surface area contributed by atoms with Crippen molar-refractivity contribution in [3.63, 3.8) is 0 Å². The molecule has 1 aromatic rings. The fourth-order valence-corrected chi connectivity index (χ4v) is 4.79. The summed E-state index contributed by atoms with van der Waals surface area (Å²) in [5, 5.41) is 3.75. The van der Waals surface area contributed by atoms with E-state index < -0.39 is 0 Å². The number of hydrogen-bond donors (Lipinski definition) is 1. The quantitative estimate of drug-likeness (QED) is 0.780. The average Bonchev–Trinajstić information content (AvgIpc) is 2.69. The minimum absolute atomic E-state index is 0.0668. The standard InChI is InChI=1S/C19H27NO/c1-5-11-18(12-6-1)14-20-15-19(21-18)13-7-4-9-16-8-2-3-10-17(16)19/h2-3,8,10,20H,1,4-7,9,11-15H2. The maximum Gasteiger partial charge on any atom is 0.107 e. The number of ether oxygens (including phenoxy) is 1. The van der Waals surface area contributed by atoms with Crippen molar-refractivity contribution in [2.24, 2.45) is 0 Å². The fraction of sp³-hybridized carbons (Fsp3) is 0.684. The lowest BCUT2D eigenvalue weighted by Crippen LogP contribution is -2.59. The lowest BCUT2D eigenvalue weighted by Gasteiger charge is -2.51. The van der Waals surface area contributed by atoms with Crippen molar-refractivity contribution in [1.82, 2.24) is 5.32 Å². The van der Waals surface area contributed by atoms with Crippen LogP contribution in [0.25, 0.3) is 0 Å². The summed E-state index contributed by atoms with van der Waals surface area (Å²) < 4.78 is 6.99. The highest BCUT2D eigenvalue weighted by molar-refractivity contribution is 5.35. The largest absolute Gasteiger partial charge is 0.361 e. The van der Waals surface area contributed by atoms with Gasteiger partial charge in [0.25, 0.3) is 0 Å². The molecule has 1 aromatic carbocycles. The zero-order chi connectivity index (χ0) is 14.2. The number of rotatable bonds is 0. The molecule has 0 amide bonds. The van der Waals surface area contributed by atoms with Crippen molar-refractivity contribution < 1.29 is 4.74 Å². The molecule has 3 aliphatic rings. The van der Waals surface area contributed by atoms with E-state index in [1.54, 1.807) is 0 Å². The Balaban J connectivity index is 1.72. The Morgan fingerprint density at radius 2 is 1.67 bits per heavy atom. The second-order valence-corrected chi connectivity index (χ2v) is 7.31. The van der Waals surface area contributed by atoms with Gasteiger partial charge in [-0.1, -0.05) is 43.5 Å². The SMILES string of the molecule is c1ccc2c(c1)CCCCC21CNCC2(CCCCC2)O1. The summed E-state index contributed by atoms with van der Waals surface area (Å²) in [5.41, 5.74) is 3.03. The third-order valence-corrected chi connectivity index (χ3v) is 5.82. The highest BCUT2D eigenvalue weighted by Gasteiger charge is 2.47. The molecule has 0 radical (unpaired) electrons. The van der Waals surface area contributed by atoms with Crippen molar-refractivity contribution in [2.45, 2.75) is 69.0 Å². The molecule has 1 unspecified atom stereocenters. The molecule has 1 saturated carbocycles. The first-order chi connectivity index (χ1) is 10.3. The predicted octanol–water partition coefficient (Wildman–Crippen LogP) is 3.93. The maximum atomic E-state index is 6.99. The van der Waals surface area contributed by atoms with E-state index in [-0.39, 0.29) is 11.2 Å². The van der Waals surface area contributed by atoms with Gasteiger partial charge in [-0.05, 0) is 49.7 Å². The van der Waals surface area contributed by atoms with Crippen molar-refractivity contribution in [1.29, 1.82) is 0 Å². The van der Waals surface area contributed by atoms with Gasteiger partial charge in [0.1, 0.15) is 5.60 Å². The smallest absolute Gasteiger partial charge is 0.107 e. The highest BCUT2D eigenvalue weighted by atomic mass is 16.5. The van der Waals surface area contributed by atoms with Crippen LogP contribution in [-0.2, 0) is 16.8 Å². The van der Waals surface area contributed by atoms with Gasteiger partial charge in [-0.15, -0.1) is 0 Å². The van der Waals surface area contributed by atoms with Crippen LogP contribution >= 0.6 is 0 Å². The number of fused-ring (bicyclic) bond motifs is 2. The van der Waals surface area contributed by atoms with Crippen LogP contribution in [0.5, 0.6) is 0 Å². The summed E-state index contributed by atoms with van der Waals surface area (Å²) in [4.78, 5) is 0. The molecule has 1 aliphatic heterocycles. The van der Waals surface area contributed by atoms with Gasteiger partial charge < -0.3 is 10.1 Å². The molecule has 1 heterocycles. The summed E-state index contributed by atoms with van der Waals surface area (Å²) in [7, 11) is 0. The van der Waals surface area contributed by atoms with E-state index >= 15 is 0 Å². The van der Waals surface area contributed by atoms with Gasteiger partial charge in [0.15, 0.2) is 0 Å². The minimum atomic E-state index is -0.0668. The lowest BCUT2D eigenvalue weighted by molar-refractivity contribution is -0.200. The zero-order valence-corrected chi connectivity index (χ0v) is 13.0. The summed E-state index contributed by atoms with van der Waals surface area (Å²) in [5.74, 6) is 0. The van der Waals surface area contributed by atoms with Gasteiger partial charge in [-0.3, -0.25) is 0 Å². The molecular formula is C19H27NO. The molecule has 0 aromatic heterocycles. The number of morpholine rings is 1. The van der Waals surface area contributed by atoms with Gasteiger partial charge in [-0.25, -0.2) is 0 Å². The van der Waals surface area contributed by atoms with Crippen LogP contribution in [-0.4, -0.2) is 18.7 Å². The first kappa shape index (κ1) is 13.8. The van der Waals surface area contributed by atoms with Gasteiger partial charge >= 0.3 is 0 Å². The fourth-order valence-electron chi connectivity index (χ4n) is 4.79. The van der Waals surface area contributed by atoms with Crippen LogP contribution < -0.4 is 5.32 Å². The van der Waals surface area contributed by atoms with Crippen molar-refractivity contribution in [3.8, 4) is 0 Å². The normalized spacial score (nSPS) is 31.8. The van der Waals surface area contributed by atoms with Gasteiger partial charge in [0.2, 0.25) is 0 Å². The van der Waals surface area contributed by atoms with Crippen LogP contribution in [0.15, 0.2) is 24.3 Å². The predicted molar refractivity (Wildman–Crippen MR) is 85.4 cm³/mol. The average molecular weight is 285 g/mol. The topological polar surface area (TPSA) is 21.3 Å². The second-order valence-electron chi connectivity index (χ2n) is 7.31. The van der Waals surface area contributed by atoms with E-state index in [1.807, 2.05) is 0 Å². The number of nitrogens with one attached hydrogen (secondary N) is 1. The van der Waals surface area contributed by atoms with Crippen molar-refractivity contribution in [3.05, 3.63) is 35.4 Å². The van der Waals surface area contributed by atoms with E-state index in [9.17, 15) is 0 Å². The van der Waals surface area contributed by atoms with Crippen LogP contribution in [0, 0.1) is 0 Å². The number of aryl methyl sites for hydroxylation is 1. The molecule has 4 rings (SSSR count). The number of hydrogen-bond acceptors (Lipinski definition) is 2. The zero-order valence-electron chi connectivity index (χ0n) is 13.0. The summed E-state index contributed by atoms with van der Waals surface area (Å²) in [6.45, 7) is 2.04. The minimum Gasteiger partial charge on any atom is -0.361 e. The molecule has 2 spiro atoms. The Bertz CT molecular complexity index is 501. The van der Waals surface area contributed by atoms with Gasteiger partial charge in [-0.2, -0.15) is 0 Å². The third kappa shape index (κ3) is 2.43. The summed E-state index contributed by atoms with van der Waals surface area (Å²) >= 11 is 0. The molecule has 21 heavy (non-hydrogen) atoms. The van der Waals surface area contributed by atoms with Crippen LogP contribution in [0.4, 0.5) is 0 Å². The molecule has 1 atom stereocenters. The van der Waals surface area contributed by atoms with E-state index in [2.05, 4.69) is 29.6 Å². The van der Waals surface area contributed by atoms with Crippen molar-refractivity contribution in [2.75, 3.05) is 13.1 Å². The highest BCUT2D eigenvalue weighted by Crippen LogP contribution is 2.45. The van der Waals surface area contributed by atoms with Crippen LogP contribution in [0.2, 0.25) is 0 Å². The van der Waals surface area contributed by atoms with Crippen molar-refractivity contribution >= 4 is 0 Å². The Kier molecular flexibility index (Phi) is 3.55. The molecule has 1 saturated heterocycles. The van der Waals surface area contributed by atoms with E-state index in [4.69, 9.17) is 4.74 Å². The number of benzene rings is 1. The van der Waals surface area contributed by atoms with E-state index in [0.29, 0.717) is 0 Å². The monoisotopic (exact) mass is 285 g/mol.